The summed E-state index contributed by atoms with van der Waals surface area (Å²) in [6.45, 7) is 1.89. The summed E-state index contributed by atoms with van der Waals surface area (Å²) in [5.74, 6) is 2.39. The molecule has 7 nitrogen and oxygen atoms in total. The van der Waals surface area contributed by atoms with Crippen molar-refractivity contribution in [2.75, 3.05) is 24.9 Å². The zero-order valence-corrected chi connectivity index (χ0v) is 15.3. The van der Waals surface area contributed by atoms with Gasteiger partial charge in [-0.15, -0.1) is 0 Å². The lowest BCUT2D eigenvalue weighted by Crippen LogP contribution is -2.02. The van der Waals surface area contributed by atoms with Crippen LogP contribution in [0.5, 0.6) is 11.5 Å². The minimum Gasteiger partial charge on any atom is -0.493 e. The molecule has 7 heteroatoms. The first-order chi connectivity index (χ1) is 13.1. The molecule has 0 saturated heterocycles. The van der Waals surface area contributed by atoms with Gasteiger partial charge >= 0.3 is 0 Å². The topological polar surface area (TPSA) is 92.1 Å². The second kappa shape index (κ2) is 8.06. The number of nitrogens with one attached hydrogen (secondary N) is 2. The van der Waals surface area contributed by atoms with Crippen molar-refractivity contribution in [1.29, 1.82) is 5.26 Å². The zero-order chi connectivity index (χ0) is 19.2. The molecule has 0 atom stereocenters. The Hall–Kier alpha value is -3.79. The number of ether oxygens (including phenoxy) is 2. The van der Waals surface area contributed by atoms with Crippen molar-refractivity contribution in [1.82, 2.24) is 9.97 Å². The van der Waals surface area contributed by atoms with Crippen LogP contribution in [0.3, 0.4) is 0 Å². The van der Waals surface area contributed by atoms with Gasteiger partial charge in [-0.3, -0.25) is 0 Å². The molecule has 0 spiro atoms. The van der Waals surface area contributed by atoms with Gasteiger partial charge in [-0.1, -0.05) is 0 Å². The Bertz CT molecular complexity index is 981. The summed E-state index contributed by atoms with van der Waals surface area (Å²) in [5, 5.41) is 15.3. The molecule has 3 rings (SSSR count). The summed E-state index contributed by atoms with van der Waals surface area (Å²) >= 11 is 0. The summed E-state index contributed by atoms with van der Waals surface area (Å²) in [4.78, 5) is 8.90. The standard InChI is InChI=1S/C20H19N5O2/c1-13-10-19(23-16-8-9-17(26-2)18(11-16)27-3)25-20(22-13)24-15-6-4-14(12-21)5-7-15/h4-11H,1-3H3,(H2,22,23,24,25). The minimum absolute atomic E-state index is 0.461. The molecule has 0 aliphatic carbocycles. The number of rotatable bonds is 6. The molecule has 0 radical (unpaired) electrons. The van der Waals surface area contributed by atoms with E-state index in [9.17, 15) is 0 Å². The second-order valence-electron chi connectivity index (χ2n) is 5.73. The molecule has 0 aliphatic rings. The fourth-order valence-electron chi connectivity index (χ4n) is 2.51. The molecule has 2 aromatic carbocycles. The Morgan fingerprint density at radius 3 is 2.22 bits per heavy atom. The average Bonchev–Trinajstić information content (AvgIpc) is 2.68. The predicted molar refractivity (Wildman–Crippen MR) is 104 cm³/mol. The molecule has 2 N–H and O–H groups in total. The van der Waals surface area contributed by atoms with E-state index < -0.39 is 0 Å². The van der Waals surface area contributed by atoms with Crippen molar-refractivity contribution in [3.8, 4) is 17.6 Å². The summed E-state index contributed by atoms with van der Waals surface area (Å²) in [5.41, 5.74) is 3.03. The molecule has 136 valence electrons. The third-order valence-corrected chi connectivity index (χ3v) is 3.78. The Balaban J connectivity index is 1.81. The number of methoxy groups -OCH3 is 2. The van der Waals surface area contributed by atoms with E-state index in [1.54, 1.807) is 26.4 Å². The van der Waals surface area contributed by atoms with E-state index in [1.165, 1.54) is 0 Å². The van der Waals surface area contributed by atoms with Crippen LogP contribution in [0.1, 0.15) is 11.3 Å². The van der Waals surface area contributed by atoms with Gasteiger partial charge in [-0.05, 0) is 43.3 Å². The number of nitrogens with zero attached hydrogens (tertiary/aromatic N) is 3. The summed E-state index contributed by atoms with van der Waals surface area (Å²) in [6, 6.07) is 16.6. The smallest absolute Gasteiger partial charge is 0.229 e. The fraction of sp³-hybridized carbons (Fsp3) is 0.150. The van der Waals surface area contributed by atoms with E-state index in [0.29, 0.717) is 28.8 Å². The molecule has 3 aromatic rings. The first-order valence-corrected chi connectivity index (χ1v) is 8.23. The van der Waals surface area contributed by atoms with Crippen LogP contribution in [0.15, 0.2) is 48.5 Å². The van der Waals surface area contributed by atoms with Crippen molar-refractivity contribution >= 4 is 23.1 Å². The maximum absolute atomic E-state index is 8.88. The van der Waals surface area contributed by atoms with Crippen LogP contribution in [0.4, 0.5) is 23.1 Å². The molecular formula is C20H19N5O2. The monoisotopic (exact) mass is 361 g/mol. The van der Waals surface area contributed by atoms with Gasteiger partial charge in [0.25, 0.3) is 0 Å². The van der Waals surface area contributed by atoms with Crippen LogP contribution in [-0.4, -0.2) is 24.2 Å². The number of anilines is 4. The Labute approximate surface area is 157 Å². The number of benzene rings is 2. The molecule has 27 heavy (non-hydrogen) atoms. The highest BCUT2D eigenvalue weighted by Gasteiger charge is 2.07. The predicted octanol–water partition coefficient (Wildman–Crippen LogP) is 4.16. The number of aryl methyl sites for hydroxylation is 1. The molecular weight excluding hydrogens is 342 g/mol. The third kappa shape index (κ3) is 4.44. The fourth-order valence-corrected chi connectivity index (χ4v) is 2.51. The molecule has 0 saturated carbocycles. The van der Waals surface area contributed by atoms with Crippen molar-refractivity contribution in [3.05, 3.63) is 59.8 Å². The average molecular weight is 361 g/mol. The van der Waals surface area contributed by atoms with E-state index in [-0.39, 0.29) is 0 Å². The van der Waals surface area contributed by atoms with E-state index >= 15 is 0 Å². The van der Waals surface area contributed by atoms with E-state index in [4.69, 9.17) is 14.7 Å². The van der Waals surface area contributed by atoms with Gasteiger partial charge in [0.2, 0.25) is 5.95 Å². The first kappa shape index (κ1) is 18.0. The van der Waals surface area contributed by atoms with E-state index in [1.807, 2.05) is 43.3 Å². The lowest BCUT2D eigenvalue weighted by molar-refractivity contribution is 0.355. The minimum atomic E-state index is 0.461. The van der Waals surface area contributed by atoms with Crippen LogP contribution in [0.25, 0.3) is 0 Å². The molecule has 1 aromatic heterocycles. The van der Waals surface area contributed by atoms with Crippen molar-refractivity contribution in [3.63, 3.8) is 0 Å². The van der Waals surface area contributed by atoms with Crippen molar-refractivity contribution < 1.29 is 9.47 Å². The zero-order valence-electron chi connectivity index (χ0n) is 15.3. The first-order valence-electron chi connectivity index (χ1n) is 8.23. The van der Waals surface area contributed by atoms with E-state index in [2.05, 4.69) is 26.7 Å². The second-order valence-corrected chi connectivity index (χ2v) is 5.73. The lowest BCUT2D eigenvalue weighted by atomic mass is 10.2. The molecule has 1 heterocycles. The van der Waals surface area contributed by atoms with Crippen molar-refractivity contribution in [2.24, 2.45) is 0 Å². The van der Waals surface area contributed by atoms with Gasteiger partial charge in [0.1, 0.15) is 5.82 Å². The Morgan fingerprint density at radius 1 is 0.852 bits per heavy atom. The number of hydrogen-bond acceptors (Lipinski definition) is 7. The van der Waals surface area contributed by atoms with Crippen LogP contribution in [-0.2, 0) is 0 Å². The van der Waals surface area contributed by atoms with Crippen LogP contribution in [0.2, 0.25) is 0 Å². The normalized spacial score (nSPS) is 10.0. The highest BCUT2D eigenvalue weighted by molar-refractivity contribution is 5.63. The highest BCUT2D eigenvalue weighted by Crippen LogP contribution is 2.31. The Kier molecular flexibility index (Phi) is 5.38. The molecule has 0 fully saturated rings. The summed E-state index contributed by atoms with van der Waals surface area (Å²) < 4.78 is 10.6. The number of aromatic nitrogens is 2. The lowest BCUT2D eigenvalue weighted by Gasteiger charge is -2.12. The van der Waals surface area contributed by atoms with E-state index in [0.717, 1.165) is 17.1 Å². The SMILES string of the molecule is COc1ccc(Nc2cc(C)nc(Nc3ccc(C#N)cc3)n2)cc1OC. The summed E-state index contributed by atoms with van der Waals surface area (Å²) in [7, 11) is 3.19. The van der Waals surface area contributed by atoms with Crippen LogP contribution < -0.4 is 20.1 Å². The third-order valence-electron chi connectivity index (χ3n) is 3.78. The largest absolute Gasteiger partial charge is 0.493 e. The van der Waals surface area contributed by atoms with Crippen molar-refractivity contribution in [2.45, 2.75) is 6.92 Å². The number of nitriles is 1. The molecule has 0 bridgehead atoms. The van der Waals surface area contributed by atoms with Gasteiger partial charge in [0.05, 0.1) is 25.9 Å². The molecule has 0 aliphatic heterocycles. The van der Waals surface area contributed by atoms with Gasteiger partial charge in [-0.2, -0.15) is 10.2 Å². The van der Waals surface area contributed by atoms with Crippen LogP contribution >= 0.6 is 0 Å². The van der Waals surface area contributed by atoms with Gasteiger partial charge in [0, 0.05) is 29.2 Å². The number of hydrogen-bond donors (Lipinski definition) is 2. The van der Waals surface area contributed by atoms with Gasteiger partial charge < -0.3 is 20.1 Å². The molecule has 0 amide bonds. The molecule has 0 unspecified atom stereocenters. The maximum Gasteiger partial charge on any atom is 0.229 e. The summed E-state index contributed by atoms with van der Waals surface area (Å²) in [6.07, 6.45) is 0. The van der Waals surface area contributed by atoms with Gasteiger partial charge in [0.15, 0.2) is 11.5 Å². The Morgan fingerprint density at radius 2 is 1.56 bits per heavy atom. The maximum atomic E-state index is 8.88. The highest BCUT2D eigenvalue weighted by atomic mass is 16.5. The van der Waals surface area contributed by atoms with Gasteiger partial charge in [-0.25, -0.2) is 4.98 Å². The quantitative estimate of drug-likeness (QED) is 0.681. The van der Waals surface area contributed by atoms with Crippen LogP contribution in [0, 0.1) is 18.3 Å².